The first-order valence-electron chi connectivity index (χ1n) is 5.93. The molecule has 1 aromatic carbocycles. The fourth-order valence-corrected chi connectivity index (χ4v) is 1.61. The molecule has 0 spiro atoms. The van der Waals surface area contributed by atoms with E-state index in [2.05, 4.69) is 20.6 Å². The maximum Gasteiger partial charge on any atom is 0.335 e. The first-order chi connectivity index (χ1) is 9.56. The van der Waals surface area contributed by atoms with E-state index < -0.39 is 12.0 Å². The van der Waals surface area contributed by atoms with E-state index in [1.807, 2.05) is 0 Å². The van der Waals surface area contributed by atoms with Crippen LogP contribution in [0, 0.1) is 6.92 Å². The summed E-state index contributed by atoms with van der Waals surface area (Å²) in [6, 6.07) is 4.13. The number of rotatable bonds is 4. The Bertz CT molecular complexity index is 623. The molecule has 0 radical (unpaired) electrons. The van der Waals surface area contributed by atoms with Crippen molar-refractivity contribution in [1.29, 1.82) is 0 Å². The summed E-state index contributed by atoms with van der Waals surface area (Å²) in [6.45, 7) is 2.05. The average molecular weight is 274 g/mol. The number of carbonyl (C=O) groups excluding carboxylic acids is 1. The minimum Gasteiger partial charge on any atom is -0.478 e. The van der Waals surface area contributed by atoms with E-state index in [0.717, 1.165) is 5.56 Å². The summed E-state index contributed by atoms with van der Waals surface area (Å²) in [6.07, 6.45) is 3.25. The van der Waals surface area contributed by atoms with Crippen LogP contribution in [-0.4, -0.2) is 27.1 Å². The standard InChI is InChI=1S/C13H14N4O3/c1-8-2-3-9(12(18)19)6-10(8)17-13(20)16-7-11-14-4-5-15-11/h2-6H,7H2,1H3,(H,14,15)(H,18,19)(H2,16,17,20). The Labute approximate surface area is 115 Å². The zero-order chi connectivity index (χ0) is 14.5. The van der Waals surface area contributed by atoms with Gasteiger partial charge in [-0.05, 0) is 24.6 Å². The second-order valence-corrected chi connectivity index (χ2v) is 4.18. The molecule has 7 nitrogen and oxygen atoms in total. The number of carboxylic acids is 1. The highest BCUT2D eigenvalue weighted by Gasteiger charge is 2.09. The highest BCUT2D eigenvalue weighted by molar-refractivity contribution is 5.93. The summed E-state index contributed by atoms with van der Waals surface area (Å²) in [5, 5.41) is 14.2. The third kappa shape index (κ3) is 3.35. The van der Waals surface area contributed by atoms with Crippen molar-refractivity contribution in [2.45, 2.75) is 13.5 Å². The lowest BCUT2D eigenvalue weighted by Gasteiger charge is -2.10. The molecule has 0 fully saturated rings. The molecule has 2 aromatic rings. The molecule has 0 aliphatic rings. The van der Waals surface area contributed by atoms with E-state index in [9.17, 15) is 9.59 Å². The number of imidazole rings is 1. The summed E-state index contributed by atoms with van der Waals surface area (Å²) in [7, 11) is 0. The smallest absolute Gasteiger partial charge is 0.335 e. The third-order valence-corrected chi connectivity index (χ3v) is 2.70. The highest BCUT2D eigenvalue weighted by atomic mass is 16.4. The topological polar surface area (TPSA) is 107 Å². The molecule has 0 aliphatic carbocycles. The number of H-pyrrole nitrogens is 1. The molecule has 2 amide bonds. The number of hydrogen-bond acceptors (Lipinski definition) is 3. The van der Waals surface area contributed by atoms with Gasteiger partial charge in [0, 0.05) is 18.1 Å². The Kier molecular flexibility index (Phi) is 3.99. The molecule has 7 heteroatoms. The summed E-state index contributed by atoms with van der Waals surface area (Å²) < 4.78 is 0. The summed E-state index contributed by atoms with van der Waals surface area (Å²) in [5.41, 5.74) is 1.36. The number of carbonyl (C=O) groups is 2. The molecule has 2 rings (SSSR count). The molecule has 1 aromatic heterocycles. The first kappa shape index (κ1) is 13.6. The van der Waals surface area contributed by atoms with Crippen LogP contribution >= 0.6 is 0 Å². The van der Waals surface area contributed by atoms with E-state index in [4.69, 9.17) is 5.11 Å². The number of hydrogen-bond donors (Lipinski definition) is 4. The van der Waals surface area contributed by atoms with Gasteiger partial charge in [-0.25, -0.2) is 14.6 Å². The maximum absolute atomic E-state index is 11.7. The second kappa shape index (κ2) is 5.87. The molecule has 4 N–H and O–H groups in total. The lowest BCUT2D eigenvalue weighted by atomic mass is 10.1. The number of nitrogens with zero attached hydrogens (tertiary/aromatic N) is 1. The molecule has 104 valence electrons. The SMILES string of the molecule is Cc1ccc(C(=O)O)cc1NC(=O)NCc1ncc[nH]1. The van der Waals surface area contributed by atoms with Gasteiger partial charge in [-0.2, -0.15) is 0 Å². The van der Waals surface area contributed by atoms with Gasteiger partial charge in [0.2, 0.25) is 0 Å². The van der Waals surface area contributed by atoms with Crippen LogP contribution in [0.15, 0.2) is 30.6 Å². The van der Waals surface area contributed by atoms with Gasteiger partial charge in [0.25, 0.3) is 0 Å². The van der Waals surface area contributed by atoms with Crippen LogP contribution in [0.4, 0.5) is 10.5 Å². The number of urea groups is 1. The monoisotopic (exact) mass is 274 g/mol. The zero-order valence-electron chi connectivity index (χ0n) is 10.8. The quantitative estimate of drug-likeness (QED) is 0.681. The van der Waals surface area contributed by atoms with E-state index in [1.54, 1.807) is 25.4 Å². The number of aromatic carboxylic acids is 1. The lowest BCUT2D eigenvalue weighted by Crippen LogP contribution is -2.29. The highest BCUT2D eigenvalue weighted by Crippen LogP contribution is 2.16. The number of carboxylic acid groups (broad SMARTS) is 1. The van der Waals surface area contributed by atoms with Gasteiger partial charge in [0.1, 0.15) is 5.82 Å². The molecule has 0 aliphatic heterocycles. The van der Waals surface area contributed by atoms with Gasteiger partial charge < -0.3 is 20.7 Å². The average Bonchev–Trinajstić information content (AvgIpc) is 2.92. The van der Waals surface area contributed by atoms with Crippen LogP contribution in [0.25, 0.3) is 0 Å². The van der Waals surface area contributed by atoms with Crippen LogP contribution in [0.1, 0.15) is 21.7 Å². The largest absolute Gasteiger partial charge is 0.478 e. The van der Waals surface area contributed by atoms with Crippen LogP contribution in [0.2, 0.25) is 0 Å². The van der Waals surface area contributed by atoms with E-state index in [0.29, 0.717) is 11.5 Å². The van der Waals surface area contributed by atoms with Crippen molar-refractivity contribution >= 4 is 17.7 Å². The fraction of sp³-hybridized carbons (Fsp3) is 0.154. The Balaban J connectivity index is 2.00. The number of aryl methyl sites for hydroxylation is 1. The number of aromatic nitrogens is 2. The van der Waals surface area contributed by atoms with Gasteiger partial charge in [-0.3, -0.25) is 0 Å². The van der Waals surface area contributed by atoms with Crippen LogP contribution in [0.5, 0.6) is 0 Å². The minimum atomic E-state index is -1.04. The molecule has 0 unspecified atom stereocenters. The van der Waals surface area contributed by atoms with Gasteiger partial charge >= 0.3 is 12.0 Å². The van der Waals surface area contributed by atoms with Crippen LogP contribution in [0.3, 0.4) is 0 Å². The van der Waals surface area contributed by atoms with E-state index >= 15 is 0 Å². The molecular formula is C13H14N4O3. The molecule has 0 saturated heterocycles. The molecule has 0 saturated carbocycles. The summed E-state index contributed by atoms with van der Waals surface area (Å²) >= 11 is 0. The van der Waals surface area contributed by atoms with Gasteiger partial charge in [-0.1, -0.05) is 6.07 Å². The number of benzene rings is 1. The van der Waals surface area contributed by atoms with Crippen molar-refractivity contribution in [2.24, 2.45) is 0 Å². The second-order valence-electron chi connectivity index (χ2n) is 4.18. The summed E-state index contributed by atoms with van der Waals surface area (Å²) in [5.74, 6) is -0.403. The Morgan fingerprint density at radius 1 is 1.40 bits per heavy atom. The van der Waals surface area contributed by atoms with Crippen molar-refractivity contribution in [3.8, 4) is 0 Å². The molecule has 1 heterocycles. The number of anilines is 1. The van der Waals surface area contributed by atoms with Gasteiger partial charge in [0.15, 0.2) is 0 Å². The molecule has 0 atom stereocenters. The Morgan fingerprint density at radius 2 is 2.20 bits per heavy atom. The van der Waals surface area contributed by atoms with Crippen LogP contribution in [-0.2, 0) is 6.54 Å². The Hall–Kier alpha value is -2.83. The lowest BCUT2D eigenvalue weighted by molar-refractivity contribution is 0.0697. The normalized spacial score (nSPS) is 10.1. The third-order valence-electron chi connectivity index (χ3n) is 2.70. The van der Waals surface area contributed by atoms with Gasteiger partial charge in [-0.15, -0.1) is 0 Å². The minimum absolute atomic E-state index is 0.122. The molecular weight excluding hydrogens is 260 g/mol. The zero-order valence-corrected chi connectivity index (χ0v) is 10.8. The number of nitrogens with one attached hydrogen (secondary N) is 3. The number of amides is 2. The fourth-order valence-electron chi connectivity index (χ4n) is 1.61. The molecule has 0 bridgehead atoms. The molecule has 20 heavy (non-hydrogen) atoms. The predicted octanol–water partition coefficient (Wildman–Crippen LogP) is 1.74. The Morgan fingerprint density at radius 3 is 2.85 bits per heavy atom. The van der Waals surface area contributed by atoms with Crippen molar-refractivity contribution in [2.75, 3.05) is 5.32 Å². The van der Waals surface area contributed by atoms with Crippen LogP contribution < -0.4 is 10.6 Å². The number of aromatic amines is 1. The summed E-state index contributed by atoms with van der Waals surface area (Å²) in [4.78, 5) is 29.5. The van der Waals surface area contributed by atoms with Crippen molar-refractivity contribution in [3.63, 3.8) is 0 Å². The maximum atomic E-state index is 11.7. The van der Waals surface area contributed by atoms with Crippen molar-refractivity contribution < 1.29 is 14.7 Å². The van der Waals surface area contributed by atoms with Crippen molar-refractivity contribution in [1.82, 2.24) is 15.3 Å². The van der Waals surface area contributed by atoms with Crippen molar-refractivity contribution in [3.05, 3.63) is 47.5 Å². The predicted molar refractivity (Wildman–Crippen MR) is 72.6 cm³/mol. The van der Waals surface area contributed by atoms with Gasteiger partial charge in [0.05, 0.1) is 12.1 Å². The van der Waals surface area contributed by atoms with E-state index in [-0.39, 0.29) is 12.1 Å². The van der Waals surface area contributed by atoms with E-state index in [1.165, 1.54) is 12.1 Å². The first-order valence-corrected chi connectivity index (χ1v) is 5.93.